The lowest BCUT2D eigenvalue weighted by atomic mass is 9.85. The number of hydrogen-bond acceptors (Lipinski definition) is 5. The van der Waals surface area contributed by atoms with E-state index in [9.17, 15) is 0 Å². The van der Waals surface area contributed by atoms with Crippen LogP contribution in [-0.2, 0) is 6.54 Å². The monoisotopic (exact) mass is 266 g/mol. The van der Waals surface area contributed by atoms with Crippen LogP contribution in [-0.4, -0.2) is 29.8 Å². The van der Waals surface area contributed by atoms with Gasteiger partial charge in [-0.15, -0.1) is 5.10 Å². The lowest BCUT2D eigenvalue weighted by molar-refractivity contribution is 0.309. The van der Waals surface area contributed by atoms with Gasteiger partial charge in [0.05, 0.1) is 6.54 Å². The second-order valence-corrected chi connectivity index (χ2v) is 5.60. The molecule has 5 heteroatoms. The van der Waals surface area contributed by atoms with Crippen LogP contribution in [0.25, 0.3) is 0 Å². The van der Waals surface area contributed by atoms with Gasteiger partial charge in [-0.2, -0.15) is 0 Å². The third-order valence-electron chi connectivity index (χ3n) is 4.02. The van der Waals surface area contributed by atoms with Gasteiger partial charge < -0.3 is 14.6 Å². The van der Waals surface area contributed by atoms with Gasteiger partial charge in [-0.25, -0.2) is 0 Å². The van der Waals surface area contributed by atoms with Gasteiger partial charge in [0.2, 0.25) is 5.89 Å². The molecule has 1 aliphatic carbocycles. The Balaban J connectivity index is 1.93. The third-order valence-corrected chi connectivity index (χ3v) is 4.02. The molecule has 0 bridgehead atoms. The summed E-state index contributed by atoms with van der Waals surface area (Å²) in [4.78, 5) is 2.17. The third kappa shape index (κ3) is 3.69. The number of anilines is 1. The van der Waals surface area contributed by atoms with E-state index in [1.165, 1.54) is 25.7 Å². The van der Waals surface area contributed by atoms with E-state index in [0.29, 0.717) is 30.4 Å². The summed E-state index contributed by atoms with van der Waals surface area (Å²) in [6.07, 6.45) is 6.29. The molecule has 1 aliphatic rings. The fourth-order valence-electron chi connectivity index (χ4n) is 2.84. The first-order valence-electron chi connectivity index (χ1n) is 7.48. The van der Waals surface area contributed by atoms with Crippen molar-refractivity contribution in [3.63, 3.8) is 0 Å². The Morgan fingerprint density at radius 1 is 1.32 bits per heavy atom. The molecular formula is C14H26N4O. The average Bonchev–Trinajstić information content (AvgIpc) is 2.88. The fourth-order valence-corrected chi connectivity index (χ4v) is 2.84. The van der Waals surface area contributed by atoms with Gasteiger partial charge in [0, 0.05) is 13.1 Å². The zero-order chi connectivity index (χ0) is 13.7. The summed E-state index contributed by atoms with van der Waals surface area (Å²) in [5.74, 6) is 1.38. The highest BCUT2D eigenvalue weighted by Crippen LogP contribution is 2.29. The highest BCUT2D eigenvalue weighted by Gasteiger charge is 2.27. The first kappa shape index (κ1) is 14.3. The Morgan fingerprint density at radius 2 is 2.11 bits per heavy atom. The normalized spacial score (nSPS) is 23.5. The van der Waals surface area contributed by atoms with Crippen molar-refractivity contribution >= 4 is 6.01 Å². The summed E-state index contributed by atoms with van der Waals surface area (Å²) in [6, 6.07) is 1.19. The largest absolute Gasteiger partial charge is 0.407 e. The SMILES string of the molecule is CCCNCc1nnc(N(C)C2CCCCC2C)o1. The minimum absolute atomic E-state index is 0.533. The Bertz CT molecular complexity index is 379. The number of aromatic nitrogens is 2. The maximum absolute atomic E-state index is 5.73. The van der Waals surface area contributed by atoms with E-state index < -0.39 is 0 Å². The van der Waals surface area contributed by atoms with E-state index in [1.807, 2.05) is 0 Å². The molecule has 0 saturated heterocycles. The van der Waals surface area contributed by atoms with E-state index in [2.05, 4.69) is 41.3 Å². The highest BCUT2D eigenvalue weighted by molar-refractivity contribution is 5.25. The zero-order valence-corrected chi connectivity index (χ0v) is 12.4. The number of nitrogens with one attached hydrogen (secondary N) is 1. The molecule has 0 aromatic carbocycles. The molecule has 0 spiro atoms. The smallest absolute Gasteiger partial charge is 0.318 e. The summed E-state index contributed by atoms with van der Waals surface area (Å²) >= 11 is 0. The number of nitrogens with zero attached hydrogens (tertiary/aromatic N) is 3. The van der Waals surface area contributed by atoms with Crippen molar-refractivity contribution in [2.45, 2.75) is 58.5 Å². The zero-order valence-electron chi connectivity index (χ0n) is 12.4. The molecule has 0 radical (unpaired) electrons. The summed E-state index contributed by atoms with van der Waals surface area (Å²) in [5.41, 5.74) is 0. The topological polar surface area (TPSA) is 54.2 Å². The molecule has 1 saturated carbocycles. The van der Waals surface area contributed by atoms with Crippen LogP contribution >= 0.6 is 0 Å². The Morgan fingerprint density at radius 3 is 2.84 bits per heavy atom. The standard InChI is InChI=1S/C14H26N4O/c1-4-9-15-10-13-16-17-14(19-13)18(3)12-8-6-5-7-11(12)2/h11-12,15H,4-10H2,1-3H3. The molecule has 19 heavy (non-hydrogen) atoms. The van der Waals surface area contributed by atoms with E-state index in [4.69, 9.17) is 4.42 Å². The lowest BCUT2D eigenvalue weighted by Crippen LogP contribution is -2.39. The van der Waals surface area contributed by atoms with Crippen LogP contribution in [0.5, 0.6) is 0 Å². The van der Waals surface area contributed by atoms with Gasteiger partial charge in [-0.3, -0.25) is 0 Å². The van der Waals surface area contributed by atoms with E-state index >= 15 is 0 Å². The van der Waals surface area contributed by atoms with E-state index in [-0.39, 0.29) is 0 Å². The van der Waals surface area contributed by atoms with Crippen molar-refractivity contribution in [3.05, 3.63) is 5.89 Å². The van der Waals surface area contributed by atoms with E-state index in [0.717, 1.165) is 13.0 Å². The van der Waals surface area contributed by atoms with Crippen LogP contribution in [0.4, 0.5) is 6.01 Å². The van der Waals surface area contributed by atoms with Crippen LogP contribution in [0.15, 0.2) is 4.42 Å². The lowest BCUT2D eigenvalue weighted by Gasteiger charge is -2.35. The molecule has 1 fully saturated rings. The summed E-state index contributed by atoms with van der Waals surface area (Å²) in [6.45, 7) is 6.10. The predicted octanol–water partition coefficient (Wildman–Crippen LogP) is 2.58. The molecule has 2 unspecified atom stereocenters. The molecule has 5 nitrogen and oxygen atoms in total. The minimum atomic E-state index is 0.533. The van der Waals surface area contributed by atoms with Crippen LogP contribution in [0.1, 0.15) is 51.8 Å². The minimum Gasteiger partial charge on any atom is -0.407 e. The van der Waals surface area contributed by atoms with E-state index in [1.54, 1.807) is 0 Å². The van der Waals surface area contributed by atoms with Crippen molar-refractivity contribution in [1.82, 2.24) is 15.5 Å². The van der Waals surface area contributed by atoms with Crippen molar-refractivity contribution in [2.75, 3.05) is 18.5 Å². The number of rotatable bonds is 6. The summed E-state index contributed by atoms with van der Waals surface area (Å²) in [7, 11) is 2.07. The first-order chi connectivity index (χ1) is 9.22. The average molecular weight is 266 g/mol. The van der Waals surface area contributed by atoms with Gasteiger partial charge in [0.15, 0.2) is 0 Å². The first-order valence-corrected chi connectivity index (χ1v) is 7.48. The molecule has 1 aromatic rings. The second kappa shape index (κ2) is 6.89. The Labute approximate surface area is 115 Å². The molecule has 0 amide bonds. The Hall–Kier alpha value is -1.10. The molecule has 2 atom stereocenters. The molecule has 108 valence electrons. The van der Waals surface area contributed by atoms with Gasteiger partial charge in [0.1, 0.15) is 0 Å². The molecular weight excluding hydrogens is 240 g/mol. The van der Waals surface area contributed by atoms with Crippen LogP contribution in [0, 0.1) is 5.92 Å². The van der Waals surface area contributed by atoms with Gasteiger partial charge in [0.25, 0.3) is 0 Å². The number of hydrogen-bond donors (Lipinski definition) is 1. The van der Waals surface area contributed by atoms with Crippen molar-refractivity contribution in [3.8, 4) is 0 Å². The second-order valence-electron chi connectivity index (χ2n) is 5.60. The maximum Gasteiger partial charge on any atom is 0.318 e. The van der Waals surface area contributed by atoms with Crippen molar-refractivity contribution in [2.24, 2.45) is 5.92 Å². The maximum atomic E-state index is 5.73. The molecule has 1 heterocycles. The van der Waals surface area contributed by atoms with Gasteiger partial charge >= 0.3 is 6.01 Å². The summed E-state index contributed by atoms with van der Waals surface area (Å²) in [5, 5.41) is 11.6. The predicted molar refractivity (Wildman–Crippen MR) is 76.1 cm³/mol. The van der Waals surface area contributed by atoms with Crippen molar-refractivity contribution < 1.29 is 4.42 Å². The quantitative estimate of drug-likeness (QED) is 0.802. The molecule has 1 N–H and O–H groups in total. The van der Waals surface area contributed by atoms with Crippen LogP contribution in [0.2, 0.25) is 0 Å². The van der Waals surface area contributed by atoms with Gasteiger partial charge in [-0.1, -0.05) is 31.8 Å². The molecule has 0 aliphatic heterocycles. The highest BCUT2D eigenvalue weighted by atomic mass is 16.4. The molecule has 2 rings (SSSR count). The summed E-state index contributed by atoms with van der Waals surface area (Å²) < 4.78 is 5.73. The van der Waals surface area contributed by atoms with Crippen LogP contribution in [0.3, 0.4) is 0 Å². The van der Waals surface area contributed by atoms with Crippen molar-refractivity contribution in [1.29, 1.82) is 0 Å². The Kier molecular flexibility index (Phi) is 5.19. The molecule has 1 aromatic heterocycles. The fraction of sp³-hybridized carbons (Fsp3) is 0.857. The van der Waals surface area contributed by atoms with Gasteiger partial charge in [-0.05, 0) is 31.7 Å². The van der Waals surface area contributed by atoms with Crippen LogP contribution < -0.4 is 10.2 Å².